The number of benzene rings is 1. The second-order valence-corrected chi connectivity index (χ2v) is 9.94. The molecule has 2 bridgehead atoms. The zero-order chi connectivity index (χ0) is 21.5. The highest BCUT2D eigenvalue weighted by Crippen LogP contribution is 2.31. The summed E-state index contributed by atoms with van der Waals surface area (Å²) in [6.45, 7) is 10.8. The number of likely N-dealkylation sites (N-methyl/N-ethyl adjacent to an activating group) is 1. The summed E-state index contributed by atoms with van der Waals surface area (Å²) in [6.07, 6.45) is 4.10. The minimum Gasteiger partial charge on any atom is -0.355 e. The van der Waals surface area contributed by atoms with Crippen LogP contribution >= 0.6 is 49.6 Å². The molecule has 35 heavy (non-hydrogen) atoms. The number of piperidine rings is 2. The molecule has 1 aromatic rings. The minimum atomic E-state index is 0. The lowest BCUT2D eigenvalue weighted by molar-refractivity contribution is -0.121. The molecule has 0 aromatic heterocycles. The van der Waals surface area contributed by atoms with Crippen molar-refractivity contribution in [1.29, 1.82) is 0 Å². The van der Waals surface area contributed by atoms with Crippen LogP contribution in [0.4, 0.5) is 0 Å². The number of hydrogen-bond acceptors (Lipinski definition) is 5. The van der Waals surface area contributed by atoms with Crippen molar-refractivity contribution in [3.8, 4) is 0 Å². The Morgan fingerprint density at radius 2 is 1.71 bits per heavy atom. The third-order valence-electron chi connectivity index (χ3n) is 7.40. The van der Waals surface area contributed by atoms with Gasteiger partial charge in [-0.2, -0.15) is 0 Å². The predicted molar refractivity (Wildman–Crippen MR) is 155 cm³/mol. The fraction of sp³-hybridized carbons (Fsp3) is 0.720. The number of amides is 1. The number of likely N-dealkylation sites (tertiary alicyclic amines) is 1. The van der Waals surface area contributed by atoms with Gasteiger partial charge in [-0.25, -0.2) is 0 Å². The van der Waals surface area contributed by atoms with E-state index in [0.29, 0.717) is 12.5 Å². The largest absolute Gasteiger partial charge is 0.355 e. The molecule has 204 valence electrons. The van der Waals surface area contributed by atoms with Crippen molar-refractivity contribution < 1.29 is 4.79 Å². The molecule has 3 aliphatic heterocycles. The van der Waals surface area contributed by atoms with Crippen molar-refractivity contribution in [3.05, 3.63) is 35.9 Å². The first-order valence-corrected chi connectivity index (χ1v) is 12.3. The maximum atomic E-state index is 12.3. The summed E-state index contributed by atoms with van der Waals surface area (Å²) in [7, 11) is 2.18. The molecule has 3 saturated heterocycles. The van der Waals surface area contributed by atoms with E-state index in [2.05, 4.69) is 62.7 Å². The predicted octanol–water partition coefficient (Wildman–Crippen LogP) is 3.32. The van der Waals surface area contributed by atoms with E-state index in [-0.39, 0.29) is 55.5 Å². The first-order valence-electron chi connectivity index (χ1n) is 12.3. The van der Waals surface area contributed by atoms with Crippen LogP contribution in [0, 0.1) is 11.8 Å². The Bertz CT molecular complexity index is 694. The Morgan fingerprint density at radius 1 is 1.00 bits per heavy atom. The molecule has 3 fully saturated rings. The third-order valence-corrected chi connectivity index (χ3v) is 7.40. The van der Waals surface area contributed by atoms with E-state index in [0.717, 1.165) is 77.0 Å². The van der Waals surface area contributed by atoms with Gasteiger partial charge in [-0.3, -0.25) is 14.6 Å². The highest BCUT2D eigenvalue weighted by Gasteiger charge is 2.36. The molecule has 1 aromatic carbocycles. The summed E-state index contributed by atoms with van der Waals surface area (Å²) >= 11 is 0. The van der Waals surface area contributed by atoms with Gasteiger partial charge in [-0.05, 0) is 50.3 Å². The van der Waals surface area contributed by atoms with Crippen molar-refractivity contribution in [1.82, 2.24) is 25.3 Å². The van der Waals surface area contributed by atoms with Gasteiger partial charge >= 0.3 is 0 Å². The van der Waals surface area contributed by atoms with Gasteiger partial charge < -0.3 is 15.5 Å². The molecule has 4 rings (SSSR count). The molecule has 1 amide bonds. The second-order valence-electron chi connectivity index (χ2n) is 9.94. The highest BCUT2D eigenvalue weighted by molar-refractivity contribution is 5.86. The first kappa shape index (κ1) is 34.7. The molecule has 3 atom stereocenters. The van der Waals surface area contributed by atoms with Gasteiger partial charge in [0, 0.05) is 71.4 Å². The number of nitrogens with zero attached hydrogens (tertiary/aromatic N) is 3. The van der Waals surface area contributed by atoms with Crippen LogP contribution in [0.5, 0.6) is 0 Å². The van der Waals surface area contributed by atoms with Crippen molar-refractivity contribution in [2.24, 2.45) is 11.8 Å². The van der Waals surface area contributed by atoms with Crippen molar-refractivity contribution in [2.45, 2.75) is 38.3 Å². The summed E-state index contributed by atoms with van der Waals surface area (Å²) in [6, 6.07) is 11.4. The summed E-state index contributed by atoms with van der Waals surface area (Å²) in [5.41, 5.74) is 1.42. The van der Waals surface area contributed by atoms with Gasteiger partial charge in [-0.1, -0.05) is 30.3 Å². The molecule has 0 aliphatic carbocycles. The Hall–Kier alpha value is -0.310. The number of carbonyl (C=O) groups excluding carboxylic acids is 1. The lowest BCUT2D eigenvalue weighted by Crippen LogP contribution is -2.55. The zero-order valence-corrected chi connectivity index (χ0v) is 24.2. The van der Waals surface area contributed by atoms with Crippen LogP contribution in [-0.4, -0.2) is 92.6 Å². The van der Waals surface area contributed by atoms with E-state index in [1.807, 2.05) is 0 Å². The molecule has 0 spiro atoms. The summed E-state index contributed by atoms with van der Waals surface area (Å²) in [5.74, 6) is 1.71. The van der Waals surface area contributed by atoms with Gasteiger partial charge in [0.1, 0.15) is 0 Å². The molecule has 0 saturated carbocycles. The highest BCUT2D eigenvalue weighted by atomic mass is 35.5. The van der Waals surface area contributed by atoms with Crippen molar-refractivity contribution in [2.75, 3.05) is 66.0 Å². The average Bonchev–Trinajstić information content (AvgIpc) is 2.77. The molecule has 0 unspecified atom stereocenters. The fourth-order valence-corrected chi connectivity index (χ4v) is 5.58. The van der Waals surface area contributed by atoms with E-state index >= 15 is 0 Å². The number of piperazine rings is 1. The number of carbonyl (C=O) groups is 1. The number of hydrogen-bond donors (Lipinski definition) is 2. The van der Waals surface area contributed by atoms with E-state index in [9.17, 15) is 4.79 Å². The van der Waals surface area contributed by atoms with Crippen LogP contribution in [0.2, 0.25) is 0 Å². The van der Waals surface area contributed by atoms with Crippen molar-refractivity contribution in [3.63, 3.8) is 0 Å². The molecule has 6 nitrogen and oxygen atoms in total. The summed E-state index contributed by atoms with van der Waals surface area (Å²) in [5, 5.41) is 6.93. The smallest absolute Gasteiger partial charge is 0.220 e. The first-order chi connectivity index (χ1) is 15.2. The monoisotopic (exact) mass is 571 g/mol. The number of nitrogens with one attached hydrogen (secondary N) is 2. The van der Waals surface area contributed by atoms with E-state index < -0.39 is 0 Å². The van der Waals surface area contributed by atoms with Gasteiger partial charge in [0.25, 0.3) is 0 Å². The Morgan fingerprint density at radius 3 is 2.43 bits per heavy atom. The van der Waals surface area contributed by atoms with Crippen LogP contribution in [0.3, 0.4) is 0 Å². The second kappa shape index (κ2) is 18.0. The summed E-state index contributed by atoms with van der Waals surface area (Å²) < 4.78 is 0. The Labute approximate surface area is 237 Å². The molecule has 2 N–H and O–H groups in total. The lowest BCUT2D eigenvalue weighted by Gasteiger charge is -2.46. The lowest BCUT2D eigenvalue weighted by atomic mass is 9.79. The van der Waals surface area contributed by atoms with Gasteiger partial charge in [0.05, 0.1) is 0 Å². The van der Waals surface area contributed by atoms with E-state index in [1.54, 1.807) is 0 Å². The SMILES string of the molecule is CN1CCN(CCNC(=O)CCC[C@H]2NC[C@@H]3C[C@H]2CN(Cc2ccccc2)C3)CC1.Cl.Cl.Cl.Cl. The van der Waals surface area contributed by atoms with E-state index in [4.69, 9.17) is 0 Å². The van der Waals surface area contributed by atoms with Crippen LogP contribution < -0.4 is 10.6 Å². The van der Waals surface area contributed by atoms with Crippen LogP contribution in [0.1, 0.15) is 31.2 Å². The molecular formula is C25H45Cl4N5O. The van der Waals surface area contributed by atoms with Crippen LogP contribution in [0.15, 0.2) is 30.3 Å². The topological polar surface area (TPSA) is 50.9 Å². The summed E-state index contributed by atoms with van der Waals surface area (Å²) in [4.78, 5) is 19.7. The maximum Gasteiger partial charge on any atom is 0.220 e. The van der Waals surface area contributed by atoms with Crippen molar-refractivity contribution >= 4 is 55.5 Å². The normalized spacial score (nSPS) is 24.7. The quantitative estimate of drug-likeness (QED) is 0.475. The standard InChI is InChI=1S/C25H41N5O.4ClH/c1-28-12-14-29(15-13-28)11-10-26-25(31)9-5-8-24-23-16-22(17-27-24)19-30(20-23)18-21-6-3-2-4-7-21;;;;/h2-4,6-7,22-24,27H,5,8-20H2,1H3,(H,26,31);4*1H/t22-,23-,24+;;;;/m0..../s1. The van der Waals surface area contributed by atoms with Gasteiger partial charge in [0.2, 0.25) is 5.91 Å². The Balaban J connectivity index is 0.00000289. The minimum absolute atomic E-state index is 0. The number of halogens is 4. The number of rotatable bonds is 9. The van der Waals surface area contributed by atoms with Gasteiger partial charge in [-0.15, -0.1) is 49.6 Å². The van der Waals surface area contributed by atoms with Gasteiger partial charge in [0.15, 0.2) is 0 Å². The zero-order valence-electron chi connectivity index (χ0n) is 20.9. The maximum absolute atomic E-state index is 12.3. The average molecular weight is 573 g/mol. The van der Waals surface area contributed by atoms with Crippen LogP contribution in [-0.2, 0) is 11.3 Å². The molecule has 10 heteroatoms. The molecule has 3 aliphatic rings. The number of fused-ring (bicyclic) bond motifs is 2. The molecule has 3 heterocycles. The fourth-order valence-electron chi connectivity index (χ4n) is 5.58. The van der Waals surface area contributed by atoms with E-state index in [1.165, 1.54) is 25.1 Å². The molecule has 0 radical (unpaired) electrons. The molecular weight excluding hydrogens is 528 g/mol. The third kappa shape index (κ3) is 11.3. The Kier molecular flexibility index (Phi) is 17.9. The van der Waals surface area contributed by atoms with Crippen LogP contribution in [0.25, 0.3) is 0 Å².